The maximum absolute atomic E-state index is 13.6. The average molecular weight is 396 g/mol. The molecule has 4 nitrogen and oxygen atoms in total. The van der Waals surface area contributed by atoms with E-state index in [-0.39, 0.29) is 11.8 Å². The van der Waals surface area contributed by atoms with Crippen LogP contribution in [-0.4, -0.2) is 23.3 Å². The van der Waals surface area contributed by atoms with Crippen LogP contribution in [0.5, 0.6) is 0 Å². The van der Waals surface area contributed by atoms with Crippen LogP contribution in [0.3, 0.4) is 0 Å². The first-order chi connectivity index (χ1) is 14.6. The van der Waals surface area contributed by atoms with Crippen LogP contribution in [0, 0.1) is 6.92 Å². The summed E-state index contributed by atoms with van der Waals surface area (Å²) in [4.78, 5) is 30.5. The van der Waals surface area contributed by atoms with Crippen LogP contribution in [0.25, 0.3) is 5.57 Å². The number of hydrogen-bond donors (Lipinski definition) is 0. The largest absolute Gasteiger partial charge is 0.362 e. The van der Waals surface area contributed by atoms with Gasteiger partial charge in [0.25, 0.3) is 11.8 Å². The van der Waals surface area contributed by atoms with Crippen molar-refractivity contribution in [3.05, 3.63) is 107 Å². The summed E-state index contributed by atoms with van der Waals surface area (Å²) in [6, 6.07) is 27.0. The molecule has 0 N–H and O–H groups in total. The summed E-state index contributed by atoms with van der Waals surface area (Å²) in [5, 5.41) is 0. The van der Waals surface area contributed by atoms with Gasteiger partial charge in [-0.1, -0.05) is 78.9 Å². The lowest BCUT2D eigenvalue weighted by Gasteiger charge is -2.25. The number of anilines is 1. The highest BCUT2D eigenvalue weighted by molar-refractivity contribution is 6.45. The number of benzene rings is 3. The molecule has 2 amide bonds. The highest BCUT2D eigenvalue weighted by Gasteiger charge is 2.42. The second-order valence-electron chi connectivity index (χ2n) is 7.32. The predicted octanol–water partition coefficient (Wildman–Crippen LogP) is 4.80. The van der Waals surface area contributed by atoms with Crippen molar-refractivity contribution in [1.82, 2.24) is 4.90 Å². The van der Waals surface area contributed by atoms with Gasteiger partial charge in [0.05, 0.1) is 11.3 Å². The maximum Gasteiger partial charge on any atom is 0.282 e. The number of imide groups is 1. The Kier molecular flexibility index (Phi) is 5.48. The third-order valence-electron chi connectivity index (χ3n) is 5.39. The Hall–Kier alpha value is -3.66. The lowest BCUT2D eigenvalue weighted by atomic mass is 10.0. The molecule has 0 saturated carbocycles. The van der Waals surface area contributed by atoms with Gasteiger partial charge < -0.3 is 4.90 Å². The SMILES string of the molecule is CCN(Cc1ccccc1)C1=C(c2ccccc2)C(=O)N(c2ccccc2C)C1=O. The van der Waals surface area contributed by atoms with Gasteiger partial charge in [-0.25, -0.2) is 4.90 Å². The molecule has 0 unspecified atom stereocenters. The molecule has 4 heteroatoms. The summed E-state index contributed by atoms with van der Waals surface area (Å²) < 4.78 is 0. The minimum absolute atomic E-state index is 0.272. The van der Waals surface area contributed by atoms with Crippen molar-refractivity contribution >= 4 is 23.1 Å². The van der Waals surface area contributed by atoms with Crippen LogP contribution in [0.4, 0.5) is 5.69 Å². The summed E-state index contributed by atoms with van der Waals surface area (Å²) in [5.74, 6) is -0.548. The molecule has 0 atom stereocenters. The third-order valence-corrected chi connectivity index (χ3v) is 5.39. The zero-order chi connectivity index (χ0) is 21.1. The Morgan fingerprint density at radius 2 is 1.37 bits per heavy atom. The highest BCUT2D eigenvalue weighted by atomic mass is 16.2. The van der Waals surface area contributed by atoms with E-state index in [9.17, 15) is 9.59 Å². The lowest BCUT2D eigenvalue weighted by molar-refractivity contribution is -0.120. The number of carbonyl (C=O) groups excluding carboxylic acids is 2. The molecule has 4 rings (SSSR count). The molecule has 1 heterocycles. The van der Waals surface area contributed by atoms with E-state index in [1.807, 2.05) is 104 Å². The van der Waals surface area contributed by atoms with E-state index >= 15 is 0 Å². The van der Waals surface area contributed by atoms with E-state index in [4.69, 9.17) is 0 Å². The van der Waals surface area contributed by atoms with E-state index in [0.29, 0.717) is 30.0 Å². The van der Waals surface area contributed by atoms with Gasteiger partial charge in [0.15, 0.2) is 0 Å². The first-order valence-electron chi connectivity index (χ1n) is 10.1. The first kappa shape index (κ1) is 19.6. The molecule has 0 bridgehead atoms. The average Bonchev–Trinajstić information content (AvgIpc) is 3.04. The minimum Gasteiger partial charge on any atom is -0.362 e. The van der Waals surface area contributed by atoms with E-state index in [1.54, 1.807) is 0 Å². The summed E-state index contributed by atoms with van der Waals surface area (Å²) in [6.07, 6.45) is 0. The topological polar surface area (TPSA) is 40.6 Å². The molecule has 3 aromatic carbocycles. The zero-order valence-electron chi connectivity index (χ0n) is 17.2. The molecule has 0 aromatic heterocycles. The van der Waals surface area contributed by atoms with Crippen LogP contribution in [0.15, 0.2) is 90.6 Å². The fourth-order valence-corrected chi connectivity index (χ4v) is 3.86. The summed E-state index contributed by atoms with van der Waals surface area (Å²) in [5.41, 5.74) is 4.29. The number of hydrogen-bond acceptors (Lipinski definition) is 3. The second-order valence-corrected chi connectivity index (χ2v) is 7.32. The van der Waals surface area contributed by atoms with Gasteiger partial charge in [0.1, 0.15) is 5.70 Å². The molecule has 1 aliphatic heterocycles. The van der Waals surface area contributed by atoms with Crippen molar-refractivity contribution in [3.63, 3.8) is 0 Å². The molecule has 0 radical (unpaired) electrons. The summed E-state index contributed by atoms with van der Waals surface area (Å²) in [6.45, 7) is 5.09. The van der Waals surface area contributed by atoms with Crippen LogP contribution >= 0.6 is 0 Å². The molecular formula is C26H24N2O2. The molecule has 0 aliphatic carbocycles. The van der Waals surface area contributed by atoms with Gasteiger partial charge in [0, 0.05) is 13.1 Å². The molecule has 0 fully saturated rings. The molecule has 1 aliphatic rings. The van der Waals surface area contributed by atoms with Crippen LogP contribution in [-0.2, 0) is 16.1 Å². The van der Waals surface area contributed by atoms with Crippen molar-refractivity contribution in [2.75, 3.05) is 11.4 Å². The first-order valence-corrected chi connectivity index (χ1v) is 10.1. The quantitative estimate of drug-likeness (QED) is 0.562. The molecule has 3 aromatic rings. The number of likely N-dealkylation sites (N-methyl/N-ethyl adjacent to an activating group) is 1. The van der Waals surface area contributed by atoms with Crippen LogP contribution < -0.4 is 4.90 Å². The van der Waals surface area contributed by atoms with Gasteiger partial charge >= 0.3 is 0 Å². The van der Waals surface area contributed by atoms with Crippen LogP contribution in [0.2, 0.25) is 0 Å². The number of para-hydroxylation sites is 1. The van der Waals surface area contributed by atoms with E-state index in [2.05, 4.69) is 0 Å². The zero-order valence-corrected chi connectivity index (χ0v) is 17.2. The Bertz CT molecular complexity index is 1100. The third kappa shape index (κ3) is 3.52. The summed E-state index contributed by atoms with van der Waals surface area (Å²) in [7, 11) is 0. The molecule has 150 valence electrons. The number of carbonyl (C=O) groups is 2. The van der Waals surface area contributed by atoms with Gasteiger partial charge in [-0.15, -0.1) is 0 Å². The normalized spacial score (nSPS) is 13.9. The highest BCUT2D eigenvalue weighted by Crippen LogP contribution is 2.36. The number of aryl methyl sites for hydroxylation is 1. The van der Waals surface area contributed by atoms with Gasteiger partial charge in [-0.3, -0.25) is 9.59 Å². The number of nitrogens with zero attached hydrogens (tertiary/aromatic N) is 2. The standard InChI is InChI=1S/C26H24N2O2/c1-3-27(18-20-13-6-4-7-14-20)24-23(21-15-8-5-9-16-21)25(29)28(26(24)30)22-17-11-10-12-19(22)2/h4-17H,3,18H2,1-2H3. The fraction of sp³-hybridized carbons (Fsp3) is 0.154. The number of rotatable bonds is 6. The fourth-order valence-electron chi connectivity index (χ4n) is 3.86. The molecular weight excluding hydrogens is 372 g/mol. The number of amides is 2. The Labute approximate surface area is 177 Å². The van der Waals surface area contributed by atoms with Gasteiger partial charge in [-0.2, -0.15) is 0 Å². The second kappa shape index (κ2) is 8.37. The summed E-state index contributed by atoms with van der Waals surface area (Å²) >= 11 is 0. The lowest BCUT2D eigenvalue weighted by Crippen LogP contribution is -2.35. The molecule has 0 saturated heterocycles. The Morgan fingerprint density at radius 3 is 2.00 bits per heavy atom. The molecule has 0 spiro atoms. The van der Waals surface area contributed by atoms with E-state index in [1.165, 1.54) is 4.90 Å². The minimum atomic E-state index is -0.276. The Morgan fingerprint density at radius 1 is 0.767 bits per heavy atom. The Balaban J connectivity index is 1.84. The van der Waals surface area contributed by atoms with Crippen molar-refractivity contribution in [2.24, 2.45) is 0 Å². The molecule has 30 heavy (non-hydrogen) atoms. The van der Waals surface area contributed by atoms with Crippen molar-refractivity contribution in [1.29, 1.82) is 0 Å². The monoisotopic (exact) mass is 396 g/mol. The maximum atomic E-state index is 13.6. The smallest absolute Gasteiger partial charge is 0.282 e. The van der Waals surface area contributed by atoms with Crippen molar-refractivity contribution in [2.45, 2.75) is 20.4 Å². The van der Waals surface area contributed by atoms with Crippen LogP contribution in [0.1, 0.15) is 23.6 Å². The predicted molar refractivity (Wildman–Crippen MR) is 120 cm³/mol. The van der Waals surface area contributed by atoms with Gasteiger partial charge in [0.2, 0.25) is 0 Å². The van der Waals surface area contributed by atoms with E-state index < -0.39 is 0 Å². The van der Waals surface area contributed by atoms with Crippen molar-refractivity contribution in [3.8, 4) is 0 Å². The van der Waals surface area contributed by atoms with Crippen molar-refractivity contribution < 1.29 is 9.59 Å². The van der Waals surface area contributed by atoms with Gasteiger partial charge in [-0.05, 0) is 36.6 Å². The van der Waals surface area contributed by atoms with E-state index in [0.717, 1.165) is 16.7 Å².